The van der Waals surface area contributed by atoms with Crippen LogP contribution in [0.5, 0.6) is 0 Å². The smallest absolute Gasteiger partial charge is 0.0839 e. The molecule has 3 saturated carbocycles. The second-order valence-corrected chi connectivity index (χ2v) is 12.8. The Morgan fingerprint density at radius 1 is 1.18 bits per heavy atom. The van der Waals surface area contributed by atoms with Crippen LogP contribution < -0.4 is 0 Å². The molecule has 0 aliphatic heterocycles. The van der Waals surface area contributed by atoms with Crippen LogP contribution in [0.1, 0.15) is 112 Å². The van der Waals surface area contributed by atoms with Crippen LogP contribution in [0.2, 0.25) is 0 Å². The Morgan fingerprint density at radius 2 is 1.91 bits per heavy atom. The van der Waals surface area contributed by atoms with Gasteiger partial charge in [0.05, 0.1) is 17.8 Å². The van der Waals surface area contributed by atoms with Crippen molar-refractivity contribution in [3.05, 3.63) is 35.5 Å². The zero-order valence-electron chi connectivity index (χ0n) is 22.7. The minimum absolute atomic E-state index is 0.0799. The van der Waals surface area contributed by atoms with E-state index in [9.17, 15) is 15.3 Å². The van der Waals surface area contributed by atoms with Crippen molar-refractivity contribution in [2.24, 2.45) is 29.1 Å². The molecule has 194 valence electrons. The molecule has 0 radical (unpaired) electrons. The molecule has 0 aromatic rings. The number of aliphatic hydroxyl groups excluding tert-OH is 2. The number of aliphatic hydroxyl groups is 3. The van der Waals surface area contributed by atoms with Gasteiger partial charge in [0.15, 0.2) is 0 Å². The number of hydrogen-bond donors (Lipinski definition) is 3. The van der Waals surface area contributed by atoms with Gasteiger partial charge in [-0.25, -0.2) is 0 Å². The summed E-state index contributed by atoms with van der Waals surface area (Å²) in [6.07, 6.45) is 16.5. The van der Waals surface area contributed by atoms with Crippen LogP contribution in [-0.4, -0.2) is 33.1 Å². The minimum atomic E-state index is -0.628. The van der Waals surface area contributed by atoms with Crippen molar-refractivity contribution in [3.8, 4) is 0 Å². The van der Waals surface area contributed by atoms with Gasteiger partial charge in [0.25, 0.3) is 0 Å². The lowest BCUT2D eigenvalue weighted by Crippen LogP contribution is -2.38. The van der Waals surface area contributed by atoms with Gasteiger partial charge in [-0.15, -0.1) is 0 Å². The fraction of sp³-hybridized carbons (Fsp3) is 0.806. The van der Waals surface area contributed by atoms with E-state index in [1.165, 1.54) is 38.5 Å². The van der Waals surface area contributed by atoms with Gasteiger partial charge in [0.1, 0.15) is 0 Å². The molecule has 0 heterocycles. The van der Waals surface area contributed by atoms with Crippen molar-refractivity contribution in [2.75, 3.05) is 0 Å². The van der Waals surface area contributed by atoms with E-state index >= 15 is 0 Å². The van der Waals surface area contributed by atoms with E-state index in [0.717, 1.165) is 49.2 Å². The summed E-state index contributed by atoms with van der Waals surface area (Å²) in [7, 11) is 0. The molecule has 0 aromatic heterocycles. The predicted molar refractivity (Wildman–Crippen MR) is 142 cm³/mol. The van der Waals surface area contributed by atoms with Crippen molar-refractivity contribution < 1.29 is 15.3 Å². The van der Waals surface area contributed by atoms with Crippen molar-refractivity contribution in [2.45, 2.75) is 129 Å². The number of allylic oxidation sites excluding steroid dienone is 3. The number of rotatable bonds is 9. The van der Waals surface area contributed by atoms with Crippen molar-refractivity contribution >= 4 is 0 Å². The van der Waals surface area contributed by atoms with Crippen LogP contribution in [0.3, 0.4) is 0 Å². The summed E-state index contributed by atoms with van der Waals surface area (Å²) in [6, 6.07) is 0. The van der Waals surface area contributed by atoms with Gasteiger partial charge < -0.3 is 15.3 Å². The van der Waals surface area contributed by atoms with Gasteiger partial charge in [-0.2, -0.15) is 0 Å². The molecule has 0 spiro atoms. The Bertz CT molecular complexity index is 757. The van der Waals surface area contributed by atoms with Gasteiger partial charge in [-0.3, -0.25) is 0 Å². The summed E-state index contributed by atoms with van der Waals surface area (Å²) in [6.45, 7) is 15.2. The number of unbranched alkanes of at least 4 members (excludes halogenated alkanes) is 1. The molecule has 0 saturated heterocycles. The zero-order chi connectivity index (χ0) is 25.1. The highest BCUT2D eigenvalue weighted by Gasteiger charge is 2.50. The molecule has 3 nitrogen and oxygen atoms in total. The molecule has 3 rings (SSSR count). The molecular weight excluding hydrogens is 420 g/mol. The molecule has 0 unspecified atom stereocenters. The third-order valence-electron chi connectivity index (χ3n) is 9.66. The maximum atomic E-state index is 10.8. The second-order valence-electron chi connectivity index (χ2n) is 12.8. The Balaban J connectivity index is 1.69. The third kappa shape index (κ3) is 6.26. The molecule has 0 amide bonds. The molecule has 3 N–H and O–H groups in total. The Morgan fingerprint density at radius 3 is 2.59 bits per heavy atom. The maximum Gasteiger partial charge on any atom is 0.0839 e. The van der Waals surface area contributed by atoms with E-state index in [-0.39, 0.29) is 5.92 Å². The topological polar surface area (TPSA) is 60.7 Å². The molecule has 3 aliphatic carbocycles. The molecule has 3 aliphatic rings. The van der Waals surface area contributed by atoms with E-state index in [2.05, 4.69) is 39.5 Å². The first-order valence-corrected chi connectivity index (χ1v) is 14.1. The minimum Gasteiger partial charge on any atom is -0.392 e. The summed E-state index contributed by atoms with van der Waals surface area (Å²) < 4.78 is 0. The van der Waals surface area contributed by atoms with Crippen LogP contribution >= 0.6 is 0 Å². The van der Waals surface area contributed by atoms with Crippen LogP contribution in [0.25, 0.3) is 0 Å². The summed E-state index contributed by atoms with van der Waals surface area (Å²) in [4.78, 5) is 0. The first-order valence-electron chi connectivity index (χ1n) is 14.1. The monoisotopic (exact) mass is 472 g/mol. The highest BCUT2D eigenvalue weighted by molar-refractivity contribution is 5.39. The SMILES string of the molecule is C=C1C(=CC=C2CCC[C@]3(C)[C@@H]([C@H](C)CCCC(C)(C)O)CC[C@@H]23)C[C@@H](O)[C@@H](CCCC)[C@@H]1O. The Labute approximate surface area is 209 Å². The van der Waals surface area contributed by atoms with Gasteiger partial charge in [0.2, 0.25) is 0 Å². The largest absolute Gasteiger partial charge is 0.392 e. The van der Waals surface area contributed by atoms with Gasteiger partial charge in [-0.05, 0) is 99.5 Å². The third-order valence-corrected chi connectivity index (χ3v) is 9.66. The van der Waals surface area contributed by atoms with Gasteiger partial charge in [-0.1, -0.05) is 70.8 Å². The first-order chi connectivity index (χ1) is 16.0. The Hall–Kier alpha value is -0.900. The van der Waals surface area contributed by atoms with E-state index in [1.54, 1.807) is 5.57 Å². The van der Waals surface area contributed by atoms with E-state index in [0.29, 0.717) is 23.7 Å². The van der Waals surface area contributed by atoms with Gasteiger partial charge >= 0.3 is 0 Å². The molecule has 3 fully saturated rings. The van der Waals surface area contributed by atoms with Crippen molar-refractivity contribution in [3.63, 3.8) is 0 Å². The van der Waals surface area contributed by atoms with E-state index < -0.39 is 17.8 Å². The highest BCUT2D eigenvalue weighted by atomic mass is 16.3. The average molecular weight is 473 g/mol. The highest BCUT2D eigenvalue weighted by Crippen LogP contribution is 2.60. The second kappa shape index (κ2) is 11.4. The summed E-state index contributed by atoms with van der Waals surface area (Å²) in [5.41, 5.74) is 3.21. The van der Waals surface area contributed by atoms with Crippen LogP contribution in [-0.2, 0) is 0 Å². The molecule has 7 atom stereocenters. The number of fused-ring (bicyclic) bond motifs is 1. The maximum absolute atomic E-state index is 10.8. The van der Waals surface area contributed by atoms with E-state index in [1.807, 2.05) is 13.8 Å². The standard InChI is InChI=1S/C31H52O3/c1-7-8-13-25-28(32)20-24(22(3)29(25)33)15-14-23-12-10-19-31(6)26(16-17-27(23)31)21(2)11-9-18-30(4,5)34/h14-15,21,25-29,32-34H,3,7-13,16-20H2,1-2,4-6H3/t21-,25-,26-,27+,28-,29-,31-/m1/s1. The van der Waals surface area contributed by atoms with E-state index in [4.69, 9.17) is 0 Å². The number of hydrogen-bond acceptors (Lipinski definition) is 3. The summed E-state index contributed by atoms with van der Waals surface area (Å²) in [5.74, 6) is 2.01. The van der Waals surface area contributed by atoms with Crippen LogP contribution in [0.15, 0.2) is 35.5 Å². The normalized spacial score (nSPS) is 37.9. The predicted octanol–water partition coefficient (Wildman–Crippen LogP) is 7.12. The molecular formula is C31H52O3. The summed E-state index contributed by atoms with van der Waals surface area (Å²) >= 11 is 0. The first kappa shape index (κ1) is 27.7. The quantitative estimate of drug-likeness (QED) is 0.335. The molecule has 0 bridgehead atoms. The van der Waals surface area contributed by atoms with Crippen molar-refractivity contribution in [1.29, 1.82) is 0 Å². The Kier molecular flexibility index (Phi) is 9.31. The lowest BCUT2D eigenvalue weighted by molar-refractivity contribution is 0.0131. The van der Waals surface area contributed by atoms with Crippen LogP contribution in [0, 0.1) is 29.1 Å². The fourth-order valence-corrected chi connectivity index (χ4v) is 7.61. The lowest BCUT2D eigenvalue weighted by Gasteiger charge is -2.44. The zero-order valence-corrected chi connectivity index (χ0v) is 22.7. The molecule has 0 aromatic carbocycles. The van der Waals surface area contributed by atoms with Gasteiger partial charge in [0, 0.05) is 5.92 Å². The lowest BCUT2D eigenvalue weighted by atomic mass is 9.60. The van der Waals surface area contributed by atoms with Crippen LogP contribution in [0.4, 0.5) is 0 Å². The molecule has 3 heteroatoms. The fourth-order valence-electron chi connectivity index (χ4n) is 7.61. The van der Waals surface area contributed by atoms with Crippen molar-refractivity contribution in [1.82, 2.24) is 0 Å². The molecule has 34 heavy (non-hydrogen) atoms. The average Bonchev–Trinajstić information content (AvgIpc) is 3.12. The summed E-state index contributed by atoms with van der Waals surface area (Å²) in [5, 5.41) is 31.6.